The van der Waals surface area contributed by atoms with Crippen molar-refractivity contribution in [1.82, 2.24) is 15.1 Å². The number of hydrogen-bond donors (Lipinski definition) is 1. The lowest BCUT2D eigenvalue weighted by molar-refractivity contribution is -0.274. The van der Waals surface area contributed by atoms with Crippen molar-refractivity contribution in [2.75, 3.05) is 33.2 Å². The normalized spacial score (nSPS) is 16.3. The molecule has 1 amide bonds. The topological polar surface area (TPSA) is 44.8 Å². The molecule has 4 rings (SSSR count). The second-order valence-electron chi connectivity index (χ2n) is 9.05. The van der Waals surface area contributed by atoms with Crippen LogP contribution in [-0.2, 0) is 6.54 Å². The van der Waals surface area contributed by atoms with E-state index < -0.39 is 6.36 Å². The van der Waals surface area contributed by atoms with Crippen molar-refractivity contribution in [2.24, 2.45) is 0 Å². The Hall–Kier alpha value is -3.36. The fourth-order valence-electron chi connectivity index (χ4n) is 4.45. The summed E-state index contributed by atoms with van der Waals surface area (Å²) in [5, 5.41) is 2.98. The first-order valence-corrected chi connectivity index (χ1v) is 12.0. The zero-order valence-corrected chi connectivity index (χ0v) is 20.2. The van der Waals surface area contributed by atoms with Gasteiger partial charge < -0.3 is 15.0 Å². The van der Waals surface area contributed by atoms with Crippen LogP contribution < -0.4 is 10.1 Å². The summed E-state index contributed by atoms with van der Waals surface area (Å²) in [6.07, 6.45) is -3.60. The van der Waals surface area contributed by atoms with Crippen LogP contribution in [0, 0.1) is 0 Å². The van der Waals surface area contributed by atoms with E-state index in [1.54, 1.807) is 36.4 Å². The molecule has 3 aromatic rings. The lowest BCUT2D eigenvalue weighted by Crippen LogP contribution is -2.40. The maximum Gasteiger partial charge on any atom is 0.573 e. The number of hydrogen-bond acceptors (Lipinski definition) is 4. The standard InChI is InChI=1S/C28H30F3N3O2/c1-33(25-15-17-34(20-25)19-21-5-3-2-4-6-21)18-16-32-27(35)24-9-7-22(8-10-24)23-11-13-26(14-12-23)36-28(29,30)31/h2-14,25H,15-20H2,1H3,(H,32,35)/t25-/m1/s1. The van der Waals surface area contributed by atoms with Crippen molar-refractivity contribution in [1.29, 1.82) is 0 Å². The average molecular weight is 498 g/mol. The highest BCUT2D eigenvalue weighted by Gasteiger charge is 2.31. The summed E-state index contributed by atoms with van der Waals surface area (Å²) in [5.41, 5.74) is 3.39. The number of likely N-dealkylation sites (N-methyl/N-ethyl adjacent to an activating group) is 1. The number of ether oxygens (including phenoxy) is 1. The number of rotatable bonds is 9. The summed E-state index contributed by atoms with van der Waals surface area (Å²) >= 11 is 0. The van der Waals surface area contributed by atoms with Crippen LogP contribution in [0.3, 0.4) is 0 Å². The predicted molar refractivity (Wildman–Crippen MR) is 134 cm³/mol. The molecule has 8 heteroatoms. The second-order valence-corrected chi connectivity index (χ2v) is 9.05. The number of halogens is 3. The van der Waals surface area contributed by atoms with Crippen LogP contribution in [0.25, 0.3) is 11.1 Å². The first-order valence-electron chi connectivity index (χ1n) is 12.0. The van der Waals surface area contributed by atoms with E-state index in [-0.39, 0.29) is 11.7 Å². The minimum atomic E-state index is -4.72. The Morgan fingerprint density at radius 3 is 2.28 bits per heavy atom. The number of alkyl halides is 3. The molecule has 1 heterocycles. The summed E-state index contributed by atoms with van der Waals surface area (Å²) < 4.78 is 40.9. The van der Waals surface area contributed by atoms with Gasteiger partial charge in [0.1, 0.15) is 5.75 Å². The molecule has 36 heavy (non-hydrogen) atoms. The SMILES string of the molecule is CN(CCNC(=O)c1ccc(-c2ccc(OC(F)(F)F)cc2)cc1)[C@@H]1CCN(Cc2ccccc2)C1. The molecule has 190 valence electrons. The fraction of sp³-hybridized carbons (Fsp3) is 0.321. The van der Waals surface area contributed by atoms with E-state index in [4.69, 9.17) is 0 Å². The third-order valence-electron chi connectivity index (χ3n) is 6.44. The van der Waals surface area contributed by atoms with Gasteiger partial charge in [0.15, 0.2) is 0 Å². The highest BCUT2D eigenvalue weighted by molar-refractivity contribution is 5.94. The third-order valence-corrected chi connectivity index (χ3v) is 6.44. The van der Waals surface area contributed by atoms with Crippen molar-refractivity contribution < 1.29 is 22.7 Å². The van der Waals surface area contributed by atoms with Gasteiger partial charge in [-0.2, -0.15) is 0 Å². The van der Waals surface area contributed by atoms with Crippen LogP contribution in [0.2, 0.25) is 0 Å². The van der Waals surface area contributed by atoms with Gasteiger partial charge in [-0.3, -0.25) is 9.69 Å². The van der Waals surface area contributed by atoms with Crippen LogP contribution >= 0.6 is 0 Å². The zero-order valence-electron chi connectivity index (χ0n) is 20.2. The first kappa shape index (κ1) is 25.7. The van der Waals surface area contributed by atoms with Crippen molar-refractivity contribution >= 4 is 5.91 Å². The molecule has 5 nitrogen and oxygen atoms in total. The van der Waals surface area contributed by atoms with Gasteiger partial charge in [0.25, 0.3) is 5.91 Å². The monoisotopic (exact) mass is 497 g/mol. The molecule has 0 bridgehead atoms. The molecule has 1 fully saturated rings. The summed E-state index contributed by atoms with van der Waals surface area (Å²) in [6, 6.07) is 23.6. The molecule has 1 aliphatic rings. The number of likely N-dealkylation sites (tertiary alicyclic amines) is 1. The quantitative estimate of drug-likeness (QED) is 0.442. The minimum Gasteiger partial charge on any atom is -0.406 e. The Balaban J connectivity index is 1.21. The highest BCUT2D eigenvalue weighted by Crippen LogP contribution is 2.26. The van der Waals surface area contributed by atoms with Gasteiger partial charge in [-0.1, -0.05) is 54.6 Å². The largest absolute Gasteiger partial charge is 0.573 e. The van der Waals surface area contributed by atoms with E-state index in [0.29, 0.717) is 18.2 Å². The summed E-state index contributed by atoms with van der Waals surface area (Å²) in [5.74, 6) is -0.422. The average Bonchev–Trinajstić information content (AvgIpc) is 3.33. The summed E-state index contributed by atoms with van der Waals surface area (Å²) in [7, 11) is 2.10. The molecular weight excluding hydrogens is 467 g/mol. The molecular formula is C28H30F3N3O2. The Bertz CT molecular complexity index is 1120. The second kappa shape index (κ2) is 11.6. The minimum absolute atomic E-state index is 0.152. The molecule has 1 atom stereocenters. The van der Waals surface area contributed by atoms with Crippen molar-refractivity contribution in [3.8, 4) is 16.9 Å². The Labute approximate surface area is 209 Å². The van der Waals surface area contributed by atoms with E-state index >= 15 is 0 Å². The van der Waals surface area contributed by atoms with Gasteiger partial charge in [-0.25, -0.2) is 0 Å². The lowest BCUT2D eigenvalue weighted by Gasteiger charge is -2.25. The molecule has 3 aromatic carbocycles. The number of carbonyl (C=O) groups excluding carboxylic acids is 1. The van der Waals surface area contributed by atoms with Crippen molar-refractivity contribution in [3.63, 3.8) is 0 Å². The molecule has 0 aromatic heterocycles. The lowest BCUT2D eigenvalue weighted by atomic mass is 10.0. The molecule has 0 spiro atoms. The van der Waals surface area contributed by atoms with E-state index in [2.05, 4.69) is 51.2 Å². The van der Waals surface area contributed by atoms with E-state index in [9.17, 15) is 18.0 Å². The molecule has 0 radical (unpaired) electrons. The van der Waals surface area contributed by atoms with Crippen LogP contribution in [0.15, 0.2) is 78.9 Å². The maximum absolute atomic E-state index is 12.6. The van der Waals surface area contributed by atoms with Crippen LogP contribution in [0.1, 0.15) is 22.3 Å². The van der Waals surface area contributed by atoms with Gasteiger partial charge in [0.2, 0.25) is 0 Å². The highest BCUT2D eigenvalue weighted by atomic mass is 19.4. The van der Waals surface area contributed by atoms with Gasteiger partial charge >= 0.3 is 6.36 Å². The fourth-order valence-corrected chi connectivity index (χ4v) is 4.45. The maximum atomic E-state index is 12.6. The smallest absolute Gasteiger partial charge is 0.406 e. The van der Waals surface area contributed by atoms with E-state index in [0.717, 1.165) is 43.7 Å². The van der Waals surface area contributed by atoms with Gasteiger partial charge in [0, 0.05) is 44.3 Å². The number of nitrogens with one attached hydrogen (secondary N) is 1. The van der Waals surface area contributed by atoms with Gasteiger partial charge in [-0.15, -0.1) is 13.2 Å². The van der Waals surface area contributed by atoms with Gasteiger partial charge in [0.05, 0.1) is 0 Å². The molecule has 0 aliphatic carbocycles. The summed E-state index contributed by atoms with van der Waals surface area (Å²) in [6.45, 7) is 4.36. The number of benzene rings is 3. The van der Waals surface area contributed by atoms with Crippen LogP contribution in [0.5, 0.6) is 5.75 Å². The van der Waals surface area contributed by atoms with Crippen molar-refractivity contribution in [2.45, 2.75) is 25.4 Å². The van der Waals surface area contributed by atoms with Crippen LogP contribution in [0.4, 0.5) is 13.2 Å². The van der Waals surface area contributed by atoms with Crippen molar-refractivity contribution in [3.05, 3.63) is 90.0 Å². The zero-order chi connectivity index (χ0) is 25.5. The molecule has 0 unspecified atom stereocenters. The van der Waals surface area contributed by atoms with E-state index in [1.165, 1.54) is 17.7 Å². The summed E-state index contributed by atoms with van der Waals surface area (Å²) in [4.78, 5) is 17.3. The first-order chi connectivity index (χ1) is 17.3. The Morgan fingerprint density at radius 1 is 1.00 bits per heavy atom. The Morgan fingerprint density at radius 2 is 1.64 bits per heavy atom. The molecule has 1 N–H and O–H groups in total. The molecule has 0 saturated carbocycles. The predicted octanol–water partition coefficient (Wildman–Crippen LogP) is 5.19. The number of nitrogens with zero attached hydrogens (tertiary/aromatic N) is 2. The molecule has 1 saturated heterocycles. The Kier molecular flexibility index (Phi) is 8.28. The number of amides is 1. The van der Waals surface area contributed by atoms with Gasteiger partial charge in [-0.05, 0) is 54.4 Å². The number of carbonyl (C=O) groups is 1. The van der Waals surface area contributed by atoms with E-state index in [1.807, 2.05) is 6.07 Å². The molecule has 1 aliphatic heterocycles. The van der Waals surface area contributed by atoms with Crippen LogP contribution in [-0.4, -0.2) is 61.3 Å². The third kappa shape index (κ3) is 7.32.